The summed E-state index contributed by atoms with van der Waals surface area (Å²) in [6, 6.07) is 17.0. The number of hydrogen-bond acceptors (Lipinski definition) is 20. The highest BCUT2D eigenvalue weighted by atomic mass is 32.2. The minimum atomic E-state index is -3.42. The molecule has 37 heteroatoms. The van der Waals surface area contributed by atoms with Crippen molar-refractivity contribution in [2.24, 2.45) is 23.7 Å². The number of H-pyrrole nitrogens is 4. The Hall–Kier alpha value is -8.16. The van der Waals surface area contributed by atoms with E-state index in [4.69, 9.17) is 18.6 Å². The molecule has 1 saturated carbocycles. The van der Waals surface area contributed by atoms with E-state index in [1.807, 2.05) is 107 Å². The molecule has 10 N–H and O–H groups in total. The van der Waals surface area contributed by atoms with Crippen LogP contribution in [-0.2, 0) is 46.0 Å². The number of aromatic amines is 4. The summed E-state index contributed by atoms with van der Waals surface area (Å²) >= 11 is 0. The summed E-state index contributed by atoms with van der Waals surface area (Å²) in [6.45, 7) is 11.0. The second-order valence-electron chi connectivity index (χ2n) is 29.0. The Kier molecular flexibility index (Phi) is 23.7. The van der Waals surface area contributed by atoms with E-state index in [9.17, 15) is 53.8 Å². The molecular formula is C73H91B4N13O16S4. The van der Waals surface area contributed by atoms with Gasteiger partial charge in [0.2, 0.25) is 30.1 Å². The summed E-state index contributed by atoms with van der Waals surface area (Å²) in [5.41, 5.74) is 12.6. The van der Waals surface area contributed by atoms with Crippen molar-refractivity contribution in [3.8, 4) is 23.0 Å². The van der Waals surface area contributed by atoms with Crippen molar-refractivity contribution in [2.45, 2.75) is 117 Å². The molecule has 4 fully saturated rings. The highest BCUT2D eigenvalue weighted by Crippen LogP contribution is 2.50. The Bertz CT molecular complexity index is 5290. The van der Waals surface area contributed by atoms with E-state index in [1.165, 1.54) is 4.31 Å². The van der Waals surface area contributed by atoms with Gasteiger partial charge in [0.15, 0.2) is 0 Å². The fourth-order valence-corrected chi connectivity index (χ4v) is 22.2. The molecule has 1 aliphatic carbocycles. The van der Waals surface area contributed by atoms with Crippen LogP contribution in [0, 0.1) is 23.7 Å². The fourth-order valence-electron chi connectivity index (χ4n) is 16.3. The van der Waals surface area contributed by atoms with Gasteiger partial charge in [-0.05, 0) is 177 Å². The van der Waals surface area contributed by atoms with Gasteiger partial charge in [-0.15, -0.1) is 0 Å². The third-order valence-corrected chi connectivity index (χ3v) is 28.8. The van der Waals surface area contributed by atoms with Crippen molar-refractivity contribution in [3.63, 3.8) is 0 Å². The van der Waals surface area contributed by atoms with E-state index < -0.39 is 68.8 Å². The third kappa shape index (κ3) is 17.0. The molecule has 0 radical (unpaired) electrons. The number of nitrogens with zero attached hydrogens (tertiary/aromatic N) is 7. The molecule has 1 aromatic carbocycles. The van der Waals surface area contributed by atoms with Crippen molar-refractivity contribution < 1.29 is 72.4 Å². The van der Waals surface area contributed by atoms with Gasteiger partial charge in [0, 0.05) is 120 Å². The molecule has 3 saturated heterocycles. The zero-order valence-corrected chi connectivity index (χ0v) is 65.0. The number of hydrogen-bond donors (Lipinski definition) is 10. The average molecular weight is 1580 g/mol. The number of pyridine rings is 4. The molecule has 0 atom stereocenters. The fraction of sp³-hybridized carbons (Fsp3) is 0.425. The topological polar surface area (TPSA) is 403 Å². The van der Waals surface area contributed by atoms with Crippen LogP contribution in [0.3, 0.4) is 0 Å². The highest BCUT2D eigenvalue weighted by Gasteiger charge is 2.43. The van der Waals surface area contributed by atoms with Crippen LogP contribution in [0.15, 0.2) is 128 Å². The average Bonchev–Trinajstić information content (AvgIpc) is 0.798. The van der Waals surface area contributed by atoms with Crippen LogP contribution in [0.25, 0.3) is 66.4 Å². The van der Waals surface area contributed by atoms with Gasteiger partial charge in [0.25, 0.3) is 10.2 Å². The molecule has 0 bridgehead atoms. The van der Waals surface area contributed by atoms with E-state index in [2.05, 4.69) is 49.3 Å². The molecule has 29 nitrogen and oxygen atoms in total. The maximum absolute atomic E-state index is 12.9. The van der Waals surface area contributed by atoms with Gasteiger partial charge in [-0.3, -0.25) is 0 Å². The standard InChI is InChI=1S/C21H22BN3O4S.C18H24BN3O4S.C17H23BN4O4S.C17H22BN3O4S/c26-22-12-18(20-17-6-9-23-21(17)24-13-19(20)29-22)16-7-10-25(11-8-16)30(27,28)14-15-4-2-1-3-5-15;1-2-3-10-27(24,25)22-8-5-13(6-9-22)15-11-19(23)26-16-12-21-18-14(17(15)16)4-7-20-18;1-2-6-21-27(24,25)22-8-4-12(5-9-22)14-10-18(23)26-15-11-20-17-13(16(14)15)3-7-19-17;1-3-6-26(23,24)21-12-7-11(8-12)15-10(2)18(22)25-14-9-20-17-13(16(14)15)4-5-19-17/h1-6,9,12-13,16,26H,7-8,10-11,14H2,(H,23,24);4,7,11-13,23H,2-3,5-6,8-10H2,1H3,(H,20,21);3,7,10-12,21,23H,2,4-6,8-9H2,1H3,(H,19,20);4-5,9,11-12,21-22H,3,6-8H2,1-2H3,(H,19,20). The Morgan fingerprint density at radius 2 is 0.882 bits per heavy atom. The quantitative estimate of drug-likeness (QED) is 0.0343. The molecule has 0 spiro atoms. The Morgan fingerprint density at radius 3 is 1.29 bits per heavy atom. The number of rotatable bonds is 19. The number of unbranched alkanes of at least 4 members (excludes halogenated alkanes) is 1. The second kappa shape index (κ2) is 33.3. The first kappa shape index (κ1) is 78.5. The molecule has 0 amide bonds. The van der Waals surface area contributed by atoms with Crippen LogP contribution in [0.4, 0.5) is 0 Å². The predicted molar refractivity (Wildman–Crippen MR) is 427 cm³/mol. The lowest BCUT2D eigenvalue weighted by Crippen LogP contribution is -2.46. The summed E-state index contributed by atoms with van der Waals surface area (Å²) < 4.78 is 132. The van der Waals surface area contributed by atoms with Crippen LogP contribution in [-0.4, -0.2) is 198 Å². The SMILES string of the molecule is CCCCS(=O)(=O)N1CCC(C2=CB(O)Oc3cnc4[nH]ccc4c32)CC1.CCCNS(=O)(=O)N1CCC(C2=CB(O)Oc3cnc4[nH]ccc4c32)CC1.CCCS(=O)(=O)NC1CC(C2=C(C)B(O)Oc3cnc4[nH]ccc4c32)C1.O=S(=O)(Cc1ccccc1)N1CCC(C2=CB(O)Oc3cnc4[nH]ccc4c32)CC1. The van der Waals surface area contributed by atoms with Gasteiger partial charge >= 0.3 is 28.5 Å². The van der Waals surface area contributed by atoms with Crippen LogP contribution < -0.4 is 28.1 Å². The lowest BCUT2D eigenvalue weighted by Gasteiger charge is -2.40. The van der Waals surface area contributed by atoms with Gasteiger partial charge in [-0.2, -0.15) is 12.7 Å². The van der Waals surface area contributed by atoms with Gasteiger partial charge < -0.3 is 58.6 Å². The first-order valence-corrected chi connectivity index (χ1v) is 44.0. The molecule has 8 aromatic heterocycles. The van der Waals surface area contributed by atoms with Crippen LogP contribution in [0.2, 0.25) is 0 Å². The van der Waals surface area contributed by atoms with Crippen LogP contribution in [0.1, 0.15) is 133 Å². The van der Waals surface area contributed by atoms with Gasteiger partial charge in [-0.25, -0.2) is 63.2 Å². The molecule has 17 rings (SSSR count). The molecule has 8 aliphatic rings. The van der Waals surface area contributed by atoms with Gasteiger partial charge in [-0.1, -0.05) is 57.5 Å². The monoisotopic (exact) mass is 1580 g/mol. The van der Waals surface area contributed by atoms with E-state index in [0.29, 0.717) is 107 Å². The Labute approximate surface area is 641 Å². The molecule has 15 heterocycles. The van der Waals surface area contributed by atoms with Crippen LogP contribution >= 0.6 is 0 Å². The number of nitrogens with one attached hydrogen (secondary N) is 6. The molecule has 0 unspecified atom stereocenters. The highest BCUT2D eigenvalue weighted by molar-refractivity contribution is 7.89. The van der Waals surface area contributed by atoms with E-state index in [1.54, 1.807) is 51.3 Å². The number of sulfonamides is 3. The minimum absolute atomic E-state index is 0.0201. The first-order chi connectivity index (χ1) is 52.9. The Morgan fingerprint density at radius 1 is 0.482 bits per heavy atom. The number of benzene rings is 1. The van der Waals surface area contributed by atoms with Crippen molar-refractivity contribution in [1.29, 1.82) is 0 Å². The smallest absolute Gasteiger partial charge is 0.531 e. The first-order valence-electron chi connectivity index (χ1n) is 37.7. The normalized spacial score (nSPS) is 19.7. The largest absolute Gasteiger partial charge is 0.555 e. The maximum atomic E-state index is 12.9. The minimum Gasteiger partial charge on any atom is -0.531 e. The van der Waals surface area contributed by atoms with Gasteiger partial charge in [0.05, 0.1) is 42.0 Å². The lowest BCUT2D eigenvalue weighted by atomic mass is 9.64. The summed E-state index contributed by atoms with van der Waals surface area (Å²) in [5, 5.41) is 44.5. The van der Waals surface area contributed by atoms with Gasteiger partial charge in [0.1, 0.15) is 45.6 Å². The zero-order chi connectivity index (χ0) is 77.2. The van der Waals surface area contributed by atoms with Crippen molar-refractivity contribution >= 4 is 135 Å². The number of piperidine rings is 3. The zero-order valence-electron chi connectivity index (χ0n) is 61.8. The number of aromatic nitrogens is 8. The molecule has 9 aromatic rings. The van der Waals surface area contributed by atoms with Crippen LogP contribution in [0.5, 0.6) is 23.0 Å². The van der Waals surface area contributed by atoms with E-state index in [0.717, 1.165) is 138 Å². The number of fused-ring (bicyclic) bond motifs is 12. The van der Waals surface area contributed by atoms with E-state index >= 15 is 0 Å². The Balaban J connectivity index is 0.000000122. The molecule has 580 valence electrons. The summed E-state index contributed by atoms with van der Waals surface area (Å²) in [5.74, 6) is 8.56. The van der Waals surface area contributed by atoms with E-state index in [-0.39, 0.29) is 47.0 Å². The third-order valence-electron chi connectivity index (χ3n) is 21.7. The summed E-state index contributed by atoms with van der Waals surface area (Å²) in [6.07, 6.45) is 22.5. The van der Waals surface area contributed by atoms with Crippen molar-refractivity contribution in [2.75, 3.05) is 57.3 Å². The lowest BCUT2D eigenvalue weighted by molar-refractivity contribution is 0.306. The molecular weight excluding hydrogens is 1490 g/mol. The molecule has 7 aliphatic heterocycles. The second-order valence-corrected chi connectivity index (χ2v) is 36.7. The number of allylic oxidation sites excluding steroid dienone is 5. The predicted octanol–water partition coefficient (Wildman–Crippen LogP) is 7.97. The van der Waals surface area contributed by atoms with Crippen molar-refractivity contribution in [1.82, 2.24) is 62.2 Å². The summed E-state index contributed by atoms with van der Waals surface area (Å²) in [4.78, 5) is 29.8. The maximum Gasteiger partial charge on any atom is 0.555 e. The summed E-state index contributed by atoms with van der Waals surface area (Å²) in [7, 11) is -17.2. The van der Waals surface area contributed by atoms with Crippen molar-refractivity contribution in [3.05, 3.63) is 155 Å². The molecule has 110 heavy (non-hydrogen) atoms.